The summed E-state index contributed by atoms with van der Waals surface area (Å²) in [5.41, 5.74) is 1.32. The molecule has 48 valence electrons. The lowest BCUT2D eigenvalue weighted by atomic mass is 10.1. The second-order valence-electron chi connectivity index (χ2n) is 2.05. The molecule has 0 unspecified atom stereocenters. The van der Waals surface area contributed by atoms with Gasteiger partial charge in [-0.25, -0.2) is 0 Å². The third kappa shape index (κ3) is 1.83. The van der Waals surface area contributed by atoms with E-state index < -0.39 is 0 Å². The van der Waals surface area contributed by atoms with Crippen LogP contribution in [0.5, 0.6) is 0 Å². The zero-order valence-electron chi connectivity index (χ0n) is 5.23. The molecular weight excluding hydrogens is 176 g/mol. The Morgan fingerprint density at radius 3 is 2.89 bits per heavy atom. The summed E-state index contributed by atoms with van der Waals surface area (Å²) >= 11 is 3.41. The largest absolute Gasteiger partial charge is 0.0988 e. The van der Waals surface area contributed by atoms with Crippen molar-refractivity contribution >= 4 is 15.9 Å². The van der Waals surface area contributed by atoms with Gasteiger partial charge in [0.15, 0.2) is 0 Å². The van der Waals surface area contributed by atoms with Crippen LogP contribution in [0.25, 0.3) is 0 Å². The van der Waals surface area contributed by atoms with Gasteiger partial charge in [0.25, 0.3) is 0 Å². The molecule has 0 fully saturated rings. The van der Waals surface area contributed by atoms with Gasteiger partial charge in [0.05, 0.1) is 0 Å². The van der Waals surface area contributed by atoms with Crippen LogP contribution in [0.1, 0.15) is 12.8 Å². The number of hydrogen-bond donors (Lipinski definition) is 0. The van der Waals surface area contributed by atoms with Gasteiger partial charge < -0.3 is 0 Å². The maximum atomic E-state index is 3.70. The third-order valence-corrected chi connectivity index (χ3v) is 1.91. The Kier molecular flexibility index (Phi) is 2.29. The van der Waals surface area contributed by atoms with Crippen molar-refractivity contribution in [2.45, 2.75) is 12.8 Å². The molecule has 0 saturated carbocycles. The Morgan fingerprint density at radius 2 is 2.44 bits per heavy atom. The van der Waals surface area contributed by atoms with Gasteiger partial charge in [0.1, 0.15) is 0 Å². The van der Waals surface area contributed by atoms with E-state index in [1.54, 1.807) is 0 Å². The summed E-state index contributed by atoms with van der Waals surface area (Å²) in [4.78, 5) is 0. The van der Waals surface area contributed by atoms with Gasteiger partial charge >= 0.3 is 0 Å². The van der Waals surface area contributed by atoms with Gasteiger partial charge in [-0.2, -0.15) is 0 Å². The summed E-state index contributed by atoms with van der Waals surface area (Å²) in [6, 6.07) is 0. The Labute approximate surface area is 64.1 Å². The van der Waals surface area contributed by atoms with Gasteiger partial charge in [-0.15, -0.1) is 0 Å². The van der Waals surface area contributed by atoms with E-state index in [-0.39, 0.29) is 0 Å². The van der Waals surface area contributed by atoms with Crippen LogP contribution in [0, 0.1) is 0 Å². The van der Waals surface area contributed by atoms with Crippen molar-refractivity contribution < 1.29 is 0 Å². The molecule has 1 rings (SSSR count). The van der Waals surface area contributed by atoms with Crippen molar-refractivity contribution in [1.82, 2.24) is 0 Å². The highest BCUT2D eigenvalue weighted by molar-refractivity contribution is 9.11. The number of hydrogen-bond acceptors (Lipinski definition) is 0. The molecule has 0 bridgehead atoms. The molecule has 0 aliphatic heterocycles. The number of rotatable bonds is 1. The van der Waals surface area contributed by atoms with Crippen molar-refractivity contribution in [3.05, 3.63) is 34.9 Å². The fourth-order valence-corrected chi connectivity index (χ4v) is 1.37. The van der Waals surface area contributed by atoms with Gasteiger partial charge in [0, 0.05) is 4.48 Å². The standard InChI is InChI=1S/C8H9Br/c1-2-7-4-3-5-8(9)6-7/h2,5-6H,1,3-4H2. The minimum absolute atomic E-state index is 1.14. The Bertz CT molecular complexity index is 175. The fourth-order valence-electron chi connectivity index (χ4n) is 0.846. The lowest BCUT2D eigenvalue weighted by molar-refractivity contribution is 0.989. The van der Waals surface area contributed by atoms with E-state index in [1.165, 1.54) is 10.1 Å². The van der Waals surface area contributed by atoms with Gasteiger partial charge in [-0.1, -0.05) is 34.7 Å². The number of halogens is 1. The summed E-state index contributed by atoms with van der Waals surface area (Å²) in [6.45, 7) is 3.70. The fraction of sp³-hybridized carbons (Fsp3) is 0.250. The summed E-state index contributed by atoms with van der Waals surface area (Å²) in [7, 11) is 0. The molecule has 1 heteroatoms. The summed E-state index contributed by atoms with van der Waals surface area (Å²) in [5.74, 6) is 0. The van der Waals surface area contributed by atoms with Gasteiger partial charge in [-0.3, -0.25) is 0 Å². The minimum atomic E-state index is 1.14. The van der Waals surface area contributed by atoms with Gasteiger partial charge in [-0.05, 0) is 24.5 Å². The summed E-state index contributed by atoms with van der Waals surface area (Å²) in [5, 5.41) is 0. The lowest BCUT2D eigenvalue weighted by Crippen LogP contribution is -1.83. The molecule has 0 atom stereocenters. The van der Waals surface area contributed by atoms with Crippen molar-refractivity contribution in [2.24, 2.45) is 0 Å². The topological polar surface area (TPSA) is 0 Å². The van der Waals surface area contributed by atoms with Crippen molar-refractivity contribution in [1.29, 1.82) is 0 Å². The molecule has 0 N–H and O–H groups in total. The average molecular weight is 185 g/mol. The molecule has 0 aromatic carbocycles. The number of allylic oxidation sites excluding steroid dienone is 5. The van der Waals surface area contributed by atoms with Crippen LogP contribution in [0.3, 0.4) is 0 Å². The molecule has 1 aliphatic rings. The SMILES string of the molecule is C=CC1=CC(Br)=CCC1. The van der Waals surface area contributed by atoms with Crippen LogP contribution >= 0.6 is 15.9 Å². The summed E-state index contributed by atoms with van der Waals surface area (Å²) in [6.07, 6.45) is 8.47. The highest BCUT2D eigenvalue weighted by atomic mass is 79.9. The van der Waals surface area contributed by atoms with E-state index in [2.05, 4.69) is 34.7 Å². The highest BCUT2D eigenvalue weighted by Gasteiger charge is 1.97. The van der Waals surface area contributed by atoms with E-state index in [4.69, 9.17) is 0 Å². The zero-order chi connectivity index (χ0) is 6.69. The summed E-state index contributed by atoms with van der Waals surface area (Å²) < 4.78 is 1.18. The first-order valence-electron chi connectivity index (χ1n) is 3.01. The van der Waals surface area contributed by atoms with E-state index in [1.807, 2.05) is 6.08 Å². The molecule has 0 amide bonds. The van der Waals surface area contributed by atoms with Crippen molar-refractivity contribution in [3.8, 4) is 0 Å². The first kappa shape index (κ1) is 6.81. The predicted octanol–water partition coefficient (Wildman–Crippen LogP) is 3.17. The second-order valence-corrected chi connectivity index (χ2v) is 2.97. The van der Waals surface area contributed by atoms with E-state index in [0.717, 1.165) is 12.8 Å². The molecule has 0 nitrogen and oxygen atoms in total. The first-order valence-corrected chi connectivity index (χ1v) is 3.81. The predicted molar refractivity (Wildman–Crippen MR) is 44.5 cm³/mol. The Morgan fingerprint density at radius 1 is 1.67 bits per heavy atom. The van der Waals surface area contributed by atoms with Crippen molar-refractivity contribution in [2.75, 3.05) is 0 Å². The van der Waals surface area contributed by atoms with Crippen LogP contribution in [0.15, 0.2) is 34.9 Å². The molecule has 0 heterocycles. The maximum absolute atomic E-state index is 3.70. The molecule has 1 aliphatic carbocycles. The molecule has 9 heavy (non-hydrogen) atoms. The smallest absolute Gasteiger partial charge is 0.0138 e. The van der Waals surface area contributed by atoms with Crippen LogP contribution < -0.4 is 0 Å². The second kappa shape index (κ2) is 3.02. The molecule has 0 radical (unpaired) electrons. The highest BCUT2D eigenvalue weighted by Crippen LogP contribution is 2.21. The van der Waals surface area contributed by atoms with Crippen molar-refractivity contribution in [3.63, 3.8) is 0 Å². The van der Waals surface area contributed by atoms with Crippen LogP contribution in [0.4, 0.5) is 0 Å². The van der Waals surface area contributed by atoms with E-state index in [0.29, 0.717) is 0 Å². The molecule has 0 saturated heterocycles. The molecule has 0 aromatic rings. The molecule has 0 aromatic heterocycles. The Balaban J connectivity index is 2.74. The molecular formula is C8H9Br. The van der Waals surface area contributed by atoms with E-state index in [9.17, 15) is 0 Å². The average Bonchev–Trinajstić information content (AvgIpc) is 1.88. The Hall–Kier alpha value is -0.300. The zero-order valence-corrected chi connectivity index (χ0v) is 6.82. The monoisotopic (exact) mass is 184 g/mol. The van der Waals surface area contributed by atoms with Gasteiger partial charge in [0.2, 0.25) is 0 Å². The maximum Gasteiger partial charge on any atom is 0.0138 e. The lowest BCUT2D eigenvalue weighted by Gasteiger charge is -2.04. The minimum Gasteiger partial charge on any atom is -0.0988 e. The van der Waals surface area contributed by atoms with Crippen LogP contribution in [-0.4, -0.2) is 0 Å². The third-order valence-electron chi connectivity index (χ3n) is 1.36. The van der Waals surface area contributed by atoms with Crippen LogP contribution in [-0.2, 0) is 0 Å². The van der Waals surface area contributed by atoms with Crippen LogP contribution in [0.2, 0.25) is 0 Å². The quantitative estimate of drug-likeness (QED) is 0.588. The first-order chi connectivity index (χ1) is 4.33. The normalized spacial score (nSPS) is 18.3. The van der Waals surface area contributed by atoms with E-state index >= 15 is 0 Å². The molecule has 0 spiro atoms.